The summed E-state index contributed by atoms with van der Waals surface area (Å²) in [6.07, 6.45) is 0.486. The largest absolute Gasteiger partial charge is 0.396 e. The smallest absolute Gasteiger partial charge is 0.252 e. The molecule has 1 aromatic heterocycles. The molecule has 0 radical (unpaired) electrons. The van der Waals surface area contributed by atoms with E-state index in [0.29, 0.717) is 23.8 Å². The Kier molecular flexibility index (Phi) is 6.41. The molecule has 1 rings (SSSR count). The number of sulfonamides is 1. The lowest BCUT2D eigenvalue weighted by molar-refractivity contribution is 0.171. The van der Waals surface area contributed by atoms with Gasteiger partial charge in [-0.25, -0.2) is 8.42 Å². The molecule has 1 heterocycles. The zero-order chi connectivity index (χ0) is 14.5. The van der Waals surface area contributed by atoms with Crippen molar-refractivity contribution in [3.63, 3.8) is 0 Å². The van der Waals surface area contributed by atoms with Gasteiger partial charge >= 0.3 is 0 Å². The van der Waals surface area contributed by atoms with Gasteiger partial charge in [-0.3, -0.25) is 0 Å². The first kappa shape index (κ1) is 16.6. The summed E-state index contributed by atoms with van der Waals surface area (Å²) in [6.45, 7) is 4.42. The van der Waals surface area contributed by atoms with Gasteiger partial charge in [0.2, 0.25) is 0 Å². The molecule has 0 atom stereocenters. The van der Waals surface area contributed by atoms with E-state index in [9.17, 15) is 8.42 Å². The molecule has 19 heavy (non-hydrogen) atoms. The molecule has 0 saturated heterocycles. The van der Waals surface area contributed by atoms with Crippen LogP contribution in [0.1, 0.15) is 18.7 Å². The Labute approximate surface area is 118 Å². The van der Waals surface area contributed by atoms with Gasteiger partial charge in [-0.1, -0.05) is 0 Å². The van der Waals surface area contributed by atoms with Crippen molar-refractivity contribution >= 4 is 21.4 Å². The van der Waals surface area contributed by atoms with Crippen molar-refractivity contribution < 1.29 is 18.3 Å². The number of nitrogens with zero attached hydrogens (tertiary/aromatic N) is 1. The van der Waals surface area contributed by atoms with Crippen LogP contribution >= 0.6 is 11.3 Å². The van der Waals surface area contributed by atoms with E-state index in [1.165, 1.54) is 15.6 Å². The number of aliphatic hydroxyl groups is 1. The molecular formula is C12H21NO4S2. The quantitative estimate of drug-likeness (QED) is 0.787. The Morgan fingerprint density at radius 3 is 2.63 bits per heavy atom. The predicted molar refractivity (Wildman–Crippen MR) is 76.0 cm³/mol. The summed E-state index contributed by atoms with van der Waals surface area (Å²) in [5.74, 6) is 0. The van der Waals surface area contributed by atoms with Crippen LogP contribution in [0, 0.1) is 0 Å². The zero-order valence-corrected chi connectivity index (χ0v) is 13.1. The topological polar surface area (TPSA) is 66.8 Å². The first-order valence-electron chi connectivity index (χ1n) is 6.13. The number of aliphatic hydroxyl groups excluding tert-OH is 1. The second kappa shape index (κ2) is 7.35. The average molecular weight is 307 g/mol. The van der Waals surface area contributed by atoms with E-state index in [-0.39, 0.29) is 12.6 Å². The molecule has 0 amide bonds. The first-order valence-corrected chi connectivity index (χ1v) is 8.39. The highest BCUT2D eigenvalue weighted by Crippen LogP contribution is 2.26. The van der Waals surface area contributed by atoms with Gasteiger partial charge in [-0.2, -0.15) is 4.31 Å². The van der Waals surface area contributed by atoms with E-state index in [1.807, 2.05) is 13.8 Å². The fourth-order valence-corrected chi connectivity index (χ4v) is 4.79. The lowest BCUT2D eigenvalue weighted by Gasteiger charge is -2.24. The highest BCUT2D eigenvalue weighted by atomic mass is 32.2. The van der Waals surface area contributed by atoms with Crippen LogP contribution in [0.4, 0.5) is 0 Å². The van der Waals surface area contributed by atoms with Gasteiger partial charge in [-0.15, -0.1) is 11.3 Å². The summed E-state index contributed by atoms with van der Waals surface area (Å²) in [5.41, 5.74) is 0. The van der Waals surface area contributed by atoms with Gasteiger partial charge in [0.25, 0.3) is 10.0 Å². The third-order valence-corrected chi connectivity index (χ3v) is 6.34. The van der Waals surface area contributed by atoms with Crippen molar-refractivity contribution in [2.24, 2.45) is 0 Å². The highest BCUT2D eigenvalue weighted by Gasteiger charge is 2.28. The maximum Gasteiger partial charge on any atom is 0.252 e. The first-order chi connectivity index (χ1) is 8.93. The molecule has 0 fully saturated rings. The fraction of sp³-hybridized carbons (Fsp3) is 0.667. The van der Waals surface area contributed by atoms with Crippen molar-refractivity contribution in [1.82, 2.24) is 4.31 Å². The number of thiophene rings is 1. The fourth-order valence-electron chi connectivity index (χ4n) is 1.69. The third-order valence-electron chi connectivity index (χ3n) is 2.65. The lowest BCUT2D eigenvalue weighted by Crippen LogP contribution is -2.38. The summed E-state index contributed by atoms with van der Waals surface area (Å²) >= 11 is 1.21. The summed E-state index contributed by atoms with van der Waals surface area (Å²) in [5, 5.41) is 8.88. The van der Waals surface area contributed by atoms with Gasteiger partial charge < -0.3 is 9.84 Å². The van der Waals surface area contributed by atoms with Crippen LogP contribution < -0.4 is 0 Å². The van der Waals surface area contributed by atoms with E-state index in [2.05, 4.69) is 0 Å². The van der Waals surface area contributed by atoms with Crippen molar-refractivity contribution in [1.29, 1.82) is 0 Å². The van der Waals surface area contributed by atoms with Gasteiger partial charge in [0, 0.05) is 37.6 Å². The van der Waals surface area contributed by atoms with E-state index >= 15 is 0 Å². The van der Waals surface area contributed by atoms with Crippen LogP contribution in [0.2, 0.25) is 0 Å². The van der Waals surface area contributed by atoms with Gasteiger partial charge in [0.15, 0.2) is 0 Å². The molecule has 0 aromatic carbocycles. The zero-order valence-electron chi connectivity index (χ0n) is 11.5. The normalized spacial score (nSPS) is 12.5. The van der Waals surface area contributed by atoms with Crippen molar-refractivity contribution in [3.8, 4) is 0 Å². The van der Waals surface area contributed by atoms with E-state index < -0.39 is 10.0 Å². The molecule has 0 unspecified atom stereocenters. The SMILES string of the molecule is COCCN(C(C)C)S(=O)(=O)c1ccc(CCO)s1. The van der Waals surface area contributed by atoms with Crippen LogP contribution in [0.5, 0.6) is 0 Å². The molecule has 1 aromatic rings. The van der Waals surface area contributed by atoms with Crippen LogP contribution in [-0.2, 0) is 21.2 Å². The predicted octanol–water partition coefficient (Wildman–Crippen LogP) is 1.33. The minimum Gasteiger partial charge on any atom is -0.396 e. The summed E-state index contributed by atoms with van der Waals surface area (Å²) in [6, 6.07) is 3.24. The molecule has 110 valence electrons. The van der Waals surface area contributed by atoms with Crippen molar-refractivity contribution in [2.75, 3.05) is 26.9 Å². The molecule has 0 saturated carbocycles. The standard InChI is InChI=1S/C12H21NO4S2/c1-10(2)13(7-9-17-3)19(15,16)12-5-4-11(18-12)6-8-14/h4-5,10,14H,6-9H2,1-3H3. The number of methoxy groups -OCH3 is 1. The van der Waals surface area contributed by atoms with Crippen molar-refractivity contribution in [2.45, 2.75) is 30.5 Å². The maximum absolute atomic E-state index is 12.5. The molecule has 0 bridgehead atoms. The number of hydrogen-bond acceptors (Lipinski definition) is 5. The number of rotatable bonds is 8. The number of hydrogen-bond donors (Lipinski definition) is 1. The minimum atomic E-state index is -3.48. The van der Waals surface area contributed by atoms with Gasteiger partial charge in [0.1, 0.15) is 4.21 Å². The van der Waals surface area contributed by atoms with E-state index in [1.54, 1.807) is 19.2 Å². The van der Waals surface area contributed by atoms with E-state index in [4.69, 9.17) is 9.84 Å². The monoisotopic (exact) mass is 307 g/mol. The van der Waals surface area contributed by atoms with Crippen LogP contribution in [0.3, 0.4) is 0 Å². The Morgan fingerprint density at radius 1 is 1.42 bits per heavy atom. The molecule has 0 aliphatic heterocycles. The Balaban J connectivity index is 2.97. The Hall–Kier alpha value is -0.470. The van der Waals surface area contributed by atoms with Gasteiger partial charge in [0.05, 0.1) is 6.61 Å². The van der Waals surface area contributed by atoms with Crippen LogP contribution in [0.25, 0.3) is 0 Å². The van der Waals surface area contributed by atoms with Crippen LogP contribution in [-0.4, -0.2) is 50.7 Å². The average Bonchev–Trinajstić information content (AvgIpc) is 2.78. The summed E-state index contributed by atoms with van der Waals surface area (Å²) < 4.78 is 31.7. The molecule has 7 heteroatoms. The lowest BCUT2D eigenvalue weighted by atomic mass is 10.4. The van der Waals surface area contributed by atoms with E-state index in [0.717, 1.165) is 4.88 Å². The second-order valence-corrected chi connectivity index (χ2v) is 7.68. The van der Waals surface area contributed by atoms with Crippen molar-refractivity contribution in [3.05, 3.63) is 17.0 Å². The van der Waals surface area contributed by atoms with Gasteiger partial charge in [-0.05, 0) is 26.0 Å². The second-order valence-electron chi connectivity index (χ2n) is 4.40. The Morgan fingerprint density at radius 2 is 2.11 bits per heavy atom. The maximum atomic E-state index is 12.5. The molecule has 1 N–H and O–H groups in total. The minimum absolute atomic E-state index is 0.0254. The number of ether oxygens (including phenoxy) is 1. The molecule has 5 nitrogen and oxygen atoms in total. The molecule has 0 aliphatic carbocycles. The molecular weight excluding hydrogens is 286 g/mol. The third kappa shape index (κ3) is 4.25. The molecule has 0 spiro atoms. The highest BCUT2D eigenvalue weighted by molar-refractivity contribution is 7.91. The summed E-state index contributed by atoms with van der Waals surface area (Å²) in [4.78, 5) is 0.872. The Bertz CT molecular complexity index is 482. The summed E-state index contributed by atoms with van der Waals surface area (Å²) in [7, 11) is -1.93. The van der Waals surface area contributed by atoms with Crippen LogP contribution in [0.15, 0.2) is 16.3 Å². The molecule has 0 aliphatic rings.